The smallest absolute Gasteiger partial charge is 0.212 e. The Kier molecular flexibility index (Phi) is 2.87. The fourth-order valence-corrected chi connectivity index (χ4v) is 2.58. The van der Waals surface area contributed by atoms with E-state index >= 15 is 0 Å². The van der Waals surface area contributed by atoms with Crippen LogP contribution in [-0.4, -0.2) is 15.8 Å². The summed E-state index contributed by atoms with van der Waals surface area (Å²) in [4.78, 5) is 21.0. The number of aryl methyl sites for hydroxylation is 2. The highest BCUT2D eigenvalue weighted by Gasteiger charge is 2.12. The van der Waals surface area contributed by atoms with Gasteiger partial charge in [0.1, 0.15) is 5.69 Å². The molecule has 0 saturated heterocycles. The lowest BCUT2D eigenvalue weighted by Gasteiger charge is -2.02. The highest BCUT2D eigenvalue weighted by atomic mass is 32.1. The average molecular weight is 268 g/mol. The molecule has 19 heavy (non-hydrogen) atoms. The first-order chi connectivity index (χ1) is 9.13. The predicted octanol–water partition coefficient (Wildman–Crippen LogP) is 3.54. The van der Waals surface area contributed by atoms with E-state index in [1.54, 1.807) is 5.38 Å². The van der Waals surface area contributed by atoms with E-state index in [0.717, 1.165) is 21.6 Å². The fourth-order valence-electron chi connectivity index (χ4n) is 1.98. The maximum atomic E-state index is 12.3. The van der Waals surface area contributed by atoms with Crippen LogP contribution >= 0.6 is 11.3 Å². The Morgan fingerprint density at radius 3 is 2.68 bits per heavy atom. The van der Waals surface area contributed by atoms with E-state index < -0.39 is 0 Å². The standard InChI is InChI=1S/C15H12N2OS/c1-9-3-4-11-7-12(5-6-13(11)16-9)15(18)14-8-19-10(2)17-14/h3-8H,1-2H3. The van der Waals surface area contributed by atoms with Gasteiger partial charge in [0.05, 0.1) is 10.5 Å². The number of carbonyl (C=O) groups is 1. The number of pyridine rings is 1. The Bertz CT molecular complexity index is 777. The van der Waals surface area contributed by atoms with E-state index in [9.17, 15) is 4.79 Å². The van der Waals surface area contributed by atoms with Crippen LogP contribution < -0.4 is 0 Å². The lowest BCUT2D eigenvalue weighted by atomic mass is 10.1. The topological polar surface area (TPSA) is 42.9 Å². The lowest BCUT2D eigenvalue weighted by Crippen LogP contribution is -2.01. The van der Waals surface area contributed by atoms with Gasteiger partial charge < -0.3 is 0 Å². The van der Waals surface area contributed by atoms with Gasteiger partial charge in [-0.3, -0.25) is 9.78 Å². The van der Waals surface area contributed by atoms with Gasteiger partial charge in [0.15, 0.2) is 0 Å². The van der Waals surface area contributed by atoms with Crippen LogP contribution in [0, 0.1) is 13.8 Å². The van der Waals surface area contributed by atoms with Crippen molar-refractivity contribution < 1.29 is 4.79 Å². The lowest BCUT2D eigenvalue weighted by molar-refractivity contribution is 0.103. The van der Waals surface area contributed by atoms with Crippen molar-refractivity contribution in [1.82, 2.24) is 9.97 Å². The number of benzene rings is 1. The second kappa shape index (κ2) is 4.55. The van der Waals surface area contributed by atoms with Gasteiger partial charge in [0, 0.05) is 22.0 Å². The van der Waals surface area contributed by atoms with Crippen molar-refractivity contribution in [2.75, 3.05) is 0 Å². The quantitative estimate of drug-likeness (QED) is 0.668. The molecule has 2 heterocycles. The SMILES string of the molecule is Cc1ccc2cc(C(=O)c3csc(C)n3)ccc2n1. The zero-order valence-corrected chi connectivity index (χ0v) is 11.5. The number of hydrogen-bond acceptors (Lipinski definition) is 4. The van der Waals surface area contributed by atoms with Gasteiger partial charge in [-0.1, -0.05) is 6.07 Å². The highest BCUT2D eigenvalue weighted by Crippen LogP contribution is 2.18. The number of aromatic nitrogens is 2. The molecule has 3 aromatic rings. The Morgan fingerprint density at radius 2 is 1.95 bits per heavy atom. The molecule has 1 aromatic carbocycles. The Morgan fingerprint density at radius 1 is 1.11 bits per heavy atom. The minimum atomic E-state index is -0.0353. The third-order valence-corrected chi connectivity index (χ3v) is 3.72. The summed E-state index contributed by atoms with van der Waals surface area (Å²) in [5.74, 6) is -0.0353. The average Bonchev–Trinajstić information content (AvgIpc) is 2.84. The zero-order chi connectivity index (χ0) is 13.4. The maximum Gasteiger partial charge on any atom is 0.212 e. The molecule has 0 unspecified atom stereocenters. The van der Waals surface area contributed by atoms with Crippen molar-refractivity contribution in [1.29, 1.82) is 0 Å². The molecule has 0 saturated carbocycles. The molecule has 0 radical (unpaired) electrons. The molecule has 0 aliphatic heterocycles. The molecule has 0 amide bonds. The van der Waals surface area contributed by atoms with Gasteiger partial charge in [-0.05, 0) is 38.1 Å². The summed E-state index contributed by atoms with van der Waals surface area (Å²) in [7, 11) is 0. The number of ketones is 1. The highest BCUT2D eigenvalue weighted by molar-refractivity contribution is 7.09. The van der Waals surface area contributed by atoms with Gasteiger partial charge in [0.2, 0.25) is 5.78 Å². The van der Waals surface area contributed by atoms with E-state index in [-0.39, 0.29) is 5.78 Å². The predicted molar refractivity (Wildman–Crippen MR) is 76.8 cm³/mol. The van der Waals surface area contributed by atoms with Gasteiger partial charge >= 0.3 is 0 Å². The molecule has 0 aliphatic rings. The number of thiazole rings is 1. The maximum absolute atomic E-state index is 12.3. The van der Waals surface area contributed by atoms with Gasteiger partial charge in [-0.15, -0.1) is 11.3 Å². The molecule has 94 valence electrons. The van der Waals surface area contributed by atoms with Crippen LogP contribution in [0.2, 0.25) is 0 Å². The van der Waals surface area contributed by atoms with Crippen molar-refractivity contribution in [3.63, 3.8) is 0 Å². The third-order valence-electron chi connectivity index (χ3n) is 2.94. The van der Waals surface area contributed by atoms with Crippen molar-refractivity contribution in [2.45, 2.75) is 13.8 Å². The Labute approximate surface area is 115 Å². The van der Waals surface area contributed by atoms with Gasteiger partial charge in [-0.25, -0.2) is 4.98 Å². The molecule has 3 rings (SSSR count). The molecule has 4 heteroatoms. The molecule has 0 spiro atoms. The van der Waals surface area contributed by atoms with Crippen molar-refractivity contribution in [2.24, 2.45) is 0 Å². The Hall–Kier alpha value is -2.07. The molecular formula is C15H12N2OS. The summed E-state index contributed by atoms with van der Waals surface area (Å²) in [5.41, 5.74) is 3.05. The molecule has 0 N–H and O–H groups in total. The molecule has 0 bridgehead atoms. The van der Waals surface area contributed by atoms with Crippen LogP contribution in [0.25, 0.3) is 10.9 Å². The van der Waals surface area contributed by atoms with E-state index in [0.29, 0.717) is 11.3 Å². The zero-order valence-electron chi connectivity index (χ0n) is 10.7. The van der Waals surface area contributed by atoms with Crippen LogP contribution in [0.5, 0.6) is 0 Å². The summed E-state index contributed by atoms with van der Waals surface area (Å²) < 4.78 is 0. The van der Waals surface area contributed by atoms with Gasteiger partial charge in [-0.2, -0.15) is 0 Å². The number of hydrogen-bond donors (Lipinski definition) is 0. The van der Waals surface area contributed by atoms with Gasteiger partial charge in [0.25, 0.3) is 0 Å². The van der Waals surface area contributed by atoms with Crippen LogP contribution in [-0.2, 0) is 0 Å². The fraction of sp³-hybridized carbons (Fsp3) is 0.133. The van der Waals surface area contributed by atoms with E-state index in [1.165, 1.54) is 11.3 Å². The van der Waals surface area contributed by atoms with Crippen molar-refractivity contribution >= 4 is 28.0 Å². The van der Waals surface area contributed by atoms with E-state index in [4.69, 9.17) is 0 Å². The summed E-state index contributed by atoms with van der Waals surface area (Å²) in [5, 5.41) is 3.68. The summed E-state index contributed by atoms with van der Waals surface area (Å²) in [6.45, 7) is 3.85. The Balaban J connectivity index is 2.06. The molecule has 0 atom stereocenters. The van der Waals surface area contributed by atoms with E-state index in [2.05, 4.69) is 9.97 Å². The van der Waals surface area contributed by atoms with Crippen LogP contribution in [0.1, 0.15) is 26.8 Å². The second-order valence-electron chi connectivity index (χ2n) is 4.44. The van der Waals surface area contributed by atoms with Crippen LogP contribution in [0.3, 0.4) is 0 Å². The number of rotatable bonds is 2. The summed E-state index contributed by atoms with van der Waals surface area (Å²) >= 11 is 1.49. The second-order valence-corrected chi connectivity index (χ2v) is 5.50. The molecular weight excluding hydrogens is 256 g/mol. The minimum Gasteiger partial charge on any atom is -0.287 e. The van der Waals surface area contributed by atoms with Crippen molar-refractivity contribution in [3.05, 3.63) is 57.7 Å². The first-order valence-corrected chi connectivity index (χ1v) is 6.86. The molecule has 3 nitrogen and oxygen atoms in total. The summed E-state index contributed by atoms with van der Waals surface area (Å²) in [6, 6.07) is 9.50. The van der Waals surface area contributed by atoms with Crippen LogP contribution in [0.4, 0.5) is 0 Å². The minimum absolute atomic E-state index is 0.0353. The first-order valence-electron chi connectivity index (χ1n) is 5.98. The largest absolute Gasteiger partial charge is 0.287 e. The molecule has 0 aliphatic carbocycles. The normalized spacial score (nSPS) is 10.8. The van der Waals surface area contributed by atoms with E-state index in [1.807, 2.05) is 44.2 Å². The third kappa shape index (κ3) is 2.27. The van der Waals surface area contributed by atoms with Crippen LogP contribution in [0.15, 0.2) is 35.7 Å². The number of nitrogens with zero attached hydrogens (tertiary/aromatic N) is 2. The molecule has 0 fully saturated rings. The summed E-state index contributed by atoms with van der Waals surface area (Å²) in [6.07, 6.45) is 0. The molecule has 2 aromatic heterocycles. The monoisotopic (exact) mass is 268 g/mol. The first kappa shape index (κ1) is 12.0. The number of fused-ring (bicyclic) bond motifs is 1. The number of carbonyl (C=O) groups excluding carboxylic acids is 1. The van der Waals surface area contributed by atoms with Crippen molar-refractivity contribution in [3.8, 4) is 0 Å².